The molecule has 0 saturated heterocycles. The summed E-state index contributed by atoms with van der Waals surface area (Å²) in [6, 6.07) is 7.02. The number of nitrogens with one attached hydrogen (secondary N) is 1. The van der Waals surface area contributed by atoms with E-state index in [9.17, 15) is 18.0 Å². The first-order valence-corrected chi connectivity index (χ1v) is 7.04. The molecule has 0 aliphatic rings. The van der Waals surface area contributed by atoms with Crippen molar-refractivity contribution in [2.45, 2.75) is 6.18 Å². The molecule has 3 N–H and O–H groups in total. The number of benzene rings is 2. The van der Waals surface area contributed by atoms with Gasteiger partial charge in [-0.2, -0.15) is 18.3 Å². The molecule has 0 fully saturated rings. The zero-order valence-corrected chi connectivity index (χ0v) is 12.7. The molecule has 0 spiro atoms. The van der Waals surface area contributed by atoms with Gasteiger partial charge in [0.05, 0.1) is 33.7 Å². The second-order valence-electron chi connectivity index (χ2n) is 4.98. The third kappa shape index (κ3) is 2.88. The first-order valence-electron chi connectivity index (χ1n) is 6.67. The van der Waals surface area contributed by atoms with E-state index in [4.69, 9.17) is 17.3 Å². The number of carbonyl (C=O) groups is 1. The highest BCUT2D eigenvalue weighted by molar-refractivity contribution is 6.31. The van der Waals surface area contributed by atoms with Crippen LogP contribution in [0.3, 0.4) is 0 Å². The highest BCUT2D eigenvalue weighted by Gasteiger charge is 2.34. The minimum Gasteiger partial charge on any atom is -0.351 e. The van der Waals surface area contributed by atoms with Crippen LogP contribution in [0.2, 0.25) is 5.02 Å². The molecule has 0 aliphatic heterocycles. The van der Waals surface area contributed by atoms with Crippen molar-refractivity contribution in [3.05, 3.63) is 53.2 Å². The summed E-state index contributed by atoms with van der Waals surface area (Å²) in [7, 11) is 0. The van der Waals surface area contributed by atoms with Crippen molar-refractivity contribution in [1.29, 1.82) is 0 Å². The van der Waals surface area contributed by atoms with Gasteiger partial charge in [0.1, 0.15) is 0 Å². The van der Waals surface area contributed by atoms with E-state index in [0.717, 1.165) is 22.4 Å². The second kappa shape index (κ2) is 5.72. The van der Waals surface area contributed by atoms with Crippen LogP contribution in [0.4, 0.5) is 29.3 Å². The van der Waals surface area contributed by atoms with Crippen molar-refractivity contribution in [2.75, 3.05) is 4.90 Å². The van der Waals surface area contributed by atoms with Gasteiger partial charge in [0.2, 0.25) is 0 Å². The average Bonchev–Trinajstić information content (AvgIpc) is 2.95. The van der Waals surface area contributed by atoms with Gasteiger partial charge in [0.15, 0.2) is 0 Å². The zero-order valence-electron chi connectivity index (χ0n) is 11.9. The Hall–Kier alpha value is -2.74. The van der Waals surface area contributed by atoms with Crippen molar-refractivity contribution >= 4 is 39.9 Å². The molecular weight excluding hydrogens is 345 g/mol. The summed E-state index contributed by atoms with van der Waals surface area (Å²) in [4.78, 5) is 12.8. The molecular formula is C15H10ClF3N4O. The average molecular weight is 355 g/mol. The van der Waals surface area contributed by atoms with Crippen LogP contribution in [-0.4, -0.2) is 16.2 Å². The van der Waals surface area contributed by atoms with Crippen molar-refractivity contribution in [3.8, 4) is 0 Å². The molecule has 3 aromatic rings. The van der Waals surface area contributed by atoms with E-state index in [1.165, 1.54) is 6.07 Å². The first kappa shape index (κ1) is 16.1. The predicted molar refractivity (Wildman–Crippen MR) is 84.3 cm³/mol. The molecule has 0 unspecified atom stereocenters. The Morgan fingerprint density at radius 1 is 1.17 bits per heavy atom. The van der Waals surface area contributed by atoms with Crippen LogP contribution in [-0.2, 0) is 6.18 Å². The van der Waals surface area contributed by atoms with E-state index < -0.39 is 22.8 Å². The fourth-order valence-corrected chi connectivity index (χ4v) is 2.56. The van der Waals surface area contributed by atoms with Gasteiger partial charge in [-0.25, -0.2) is 4.79 Å². The Morgan fingerprint density at radius 2 is 1.83 bits per heavy atom. The maximum absolute atomic E-state index is 13.0. The number of aromatic nitrogens is 2. The van der Waals surface area contributed by atoms with Crippen LogP contribution in [0, 0.1) is 0 Å². The summed E-state index contributed by atoms with van der Waals surface area (Å²) in [5.41, 5.74) is 5.19. The maximum atomic E-state index is 13.0. The van der Waals surface area contributed by atoms with Gasteiger partial charge in [-0.1, -0.05) is 11.6 Å². The second-order valence-corrected chi connectivity index (χ2v) is 5.38. The van der Waals surface area contributed by atoms with Gasteiger partial charge < -0.3 is 5.73 Å². The number of H-pyrrole nitrogens is 1. The van der Waals surface area contributed by atoms with E-state index in [2.05, 4.69) is 10.2 Å². The summed E-state index contributed by atoms with van der Waals surface area (Å²) >= 11 is 5.61. The topological polar surface area (TPSA) is 75.0 Å². The monoisotopic (exact) mass is 354 g/mol. The van der Waals surface area contributed by atoms with E-state index in [-0.39, 0.29) is 5.69 Å². The number of primary amides is 1. The molecule has 0 saturated carbocycles. The Kier molecular flexibility index (Phi) is 3.84. The molecule has 0 aliphatic carbocycles. The van der Waals surface area contributed by atoms with Gasteiger partial charge >= 0.3 is 12.2 Å². The standard InChI is InChI=1S/C15H10ClF3N4O/c16-12-4-3-9(5-11(12)15(17,18)19)23(14(20)24)10-2-1-8-7-21-22-13(8)6-10/h1-7H,(H2,20,24)(H,21,22). The molecule has 3 rings (SSSR count). The van der Waals surface area contributed by atoms with Gasteiger partial charge in [0.25, 0.3) is 0 Å². The van der Waals surface area contributed by atoms with Gasteiger partial charge in [0, 0.05) is 5.39 Å². The number of alkyl halides is 3. The summed E-state index contributed by atoms with van der Waals surface area (Å²) in [5, 5.41) is 6.90. The lowest BCUT2D eigenvalue weighted by Gasteiger charge is -2.22. The van der Waals surface area contributed by atoms with E-state index >= 15 is 0 Å². The van der Waals surface area contributed by atoms with Crippen LogP contribution in [0.25, 0.3) is 10.9 Å². The number of urea groups is 1. The third-order valence-electron chi connectivity index (χ3n) is 3.42. The van der Waals surface area contributed by atoms with Crippen LogP contribution in [0.15, 0.2) is 42.6 Å². The molecule has 24 heavy (non-hydrogen) atoms. The molecule has 9 heteroatoms. The number of amides is 2. The molecule has 0 radical (unpaired) electrons. The fourth-order valence-electron chi connectivity index (χ4n) is 2.34. The SMILES string of the molecule is NC(=O)N(c1ccc(Cl)c(C(F)(F)F)c1)c1ccc2cn[nH]c2c1. The van der Waals surface area contributed by atoms with Crippen molar-refractivity contribution in [2.24, 2.45) is 5.73 Å². The highest BCUT2D eigenvalue weighted by Crippen LogP contribution is 2.38. The number of nitrogens with zero attached hydrogens (tertiary/aromatic N) is 2. The summed E-state index contributed by atoms with van der Waals surface area (Å²) in [6.45, 7) is 0. The van der Waals surface area contributed by atoms with E-state index in [1.54, 1.807) is 24.4 Å². The number of nitrogens with two attached hydrogens (primary N) is 1. The number of rotatable bonds is 2. The number of halogens is 4. The van der Waals surface area contributed by atoms with Gasteiger partial charge in [-0.3, -0.25) is 10.00 Å². The lowest BCUT2D eigenvalue weighted by atomic mass is 10.1. The third-order valence-corrected chi connectivity index (χ3v) is 3.75. The smallest absolute Gasteiger partial charge is 0.351 e. The number of hydrogen-bond donors (Lipinski definition) is 2. The molecule has 2 aromatic carbocycles. The molecule has 2 amide bonds. The van der Waals surface area contributed by atoms with Crippen molar-refractivity contribution in [3.63, 3.8) is 0 Å². The number of aromatic amines is 1. The summed E-state index contributed by atoms with van der Waals surface area (Å²) in [6.07, 6.45) is -3.07. The molecule has 124 valence electrons. The Balaban J connectivity index is 2.13. The lowest BCUT2D eigenvalue weighted by Crippen LogP contribution is -2.31. The Morgan fingerprint density at radius 3 is 2.50 bits per heavy atom. The molecule has 0 atom stereocenters. The molecule has 0 bridgehead atoms. The minimum atomic E-state index is -4.65. The van der Waals surface area contributed by atoms with Crippen LogP contribution in [0.1, 0.15) is 5.56 Å². The fraction of sp³-hybridized carbons (Fsp3) is 0.0667. The number of anilines is 2. The van der Waals surface area contributed by atoms with Crippen LogP contribution >= 0.6 is 11.6 Å². The summed E-state index contributed by atoms with van der Waals surface area (Å²) in [5.74, 6) is 0. The lowest BCUT2D eigenvalue weighted by molar-refractivity contribution is -0.137. The highest BCUT2D eigenvalue weighted by atomic mass is 35.5. The quantitative estimate of drug-likeness (QED) is 0.713. The van der Waals surface area contributed by atoms with E-state index in [0.29, 0.717) is 11.2 Å². The molecule has 1 heterocycles. The van der Waals surface area contributed by atoms with Crippen LogP contribution < -0.4 is 10.6 Å². The predicted octanol–water partition coefficient (Wildman–Crippen LogP) is 4.45. The van der Waals surface area contributed by atoms with E-state index in [1.807, 2.05) is 0 Å². The summed E-state index contributed by atoms with van der Waals surface area (Å²) < 4.78 is 39.1. The van der Waals surface area contributed by atoms with Crippen LogP contribution in [0.5, 0.6) is 0 Å². The largest absolute Gasteiger partial charge is 0.417 e. The number of carbonyl (C=O) groups excluding carboxylic acids is 1. The number of hydrogen-bond acceptors (Lipinski definition) is 2. The van der Waals surface area contributed by atoms with Crippen molar-refractivity contribution < 1.29 is 18.0 Å². The van der Waals surface area contributed by atoms with Gasteiger partial charge in [-0.05, 0) is 36.4 Å². The minimum absolute atomic E-state index is 0.0434. The van der Waals surface area contributed by atoms with Gasteiger partial charge in [-0.15, -0.1) is 0 Å². The maximum Gasteiger partial charge on any atom is 0.417 e. The molecule has 1 aromatic heterocycles. The zero-order chi connectivity index (χ0) is 17.5. The normalized spacial score (nSPS) is 11.7. The van der Waals surface area contributed by atoms with Crippen molar-refractivity contribution in [1.82, 2.24) is 10.2 Å². The molecule has 5 nitrogen and oxygen atoms in total. The Labute approximate surface area is 138 Å². The Bertz CT molecular complexity index is 922. The number of fused-ring (bicyclic) bond motifs is 1. The first-order chi connectivity index (χ1) is 11.3.